The van der Waals surface area contributed by atoms with Crippen molar-refractivity contribution in [2.45, 2.75) is 12.5 Å². The van der Waals surface area contributed by atoms with Crippen LogP contribution < -0.4 is 10.2 Å². The summed E-state index contributed by atoms with van der Waals surface area (Å²) < 4.78 is 22.8. The molecular formula is C14H19N5O4S. The minimum Gasteiger partial charge on any atom is -0.348 e. The van der Waals surface area contributed by atoms with Gasteiger partial charge >= 0.3 is 0 Å². The summed E-state index contributed by atoms with van der Waals surface area (Å²) in [6.45, 7) is 2.52. The summed E-state index contributed by atoms with van der Waals surface area (Å²) in [6, 6.07) is -0.349. The van der Waals surface area contributed by atoms with Gasteiger partial charge in [-0.25, -0.2) is 18.4 Å². The van der Waals surface area contributed by atoms with Gasteiger partial charge in [0.25, 0.3) is 5.91 Å². The molecule has 1 unspecified atom stereocenters. The number of nitrogens with one attached hydrogen (secondary N) is 1. The minimum atomic E-state index is -3.03. The first kappa shape index (κ1) is 16.6. The fourth-order valence-electron chi connectivity index (χ4n) is 2.81. The largest absolute Gasteiger partial charge is 0.348 e. The SMILES string of the molecule is O=CN1CCN(c2ncc(C(=O)NC3CCS(=O)(=O)C3)cn2)CC1. The van der Waals surface area contributed by atoms with Gasteiger partial charge in [0.15, 0.2) is 9.84 Å². The van der Waals surface area contributed by atoms with Gasteiger partial charge in [-0.1, -0.05) is 0 Å². The van der Waals surface area contributed by atoms with E-state index in [-0.39, 0.29) is 23.5 Å². The van der Waals surface area contributed by atoms with E-state index in [0.29, 0.717) is 44.1 Å². The van der Waals surface area contributed by atoms with Crippen molar-refractivity contribution in [2.24, 2.45) is 0 Å². The highest BCUT2D eigenvalue weighted by atomic mass is 32.2. The van der Waals surface area contributed by atoms with Crippen LogP contribution in [0.3, 0.4) is 0 Å². The number of anilines is 1. The van der Waals surface area contributed by atoms with Crippen molar-refractivity contribution in [3.8, 4) is 0 Å². The quantitative estimate of drug-likeness (QED) is 0.668. The molecule has 1 aromatic rings. The Morgan fingerprint density at radius 1 is 1.21 bits per heavy atom. The summed E-state index contributed by atoms with van der Waals surface area (Å²) in [5.41, 5.74) is 0.301. The molecule has 2 amide bonds. The number of carbonyl (C=O) groups is 2. The summed E-state index contributed by atoms with van der Waals surface area (Å²) in [5, 5.41) is 2.71. The van der Waals surface area contributed by atoms with Gasteiger partial charge in [0.05, 0.1) is 17.1 Å². The Bertz CT molecular complexity index is 713. The summed E-state index contributed by atoms with van der Waals surface area (Å²) >= 11 is 0. The van der Waals surface area contributed by atoms with Gasteiger partial charge in [0, 0.05) is 44.6 Å². The number of piperazine rings is 1. The zero-order valence-corrected chi connectivity index (χ0v) is 13.9. The van der Waals surface area contributed by atoms with E-state index in [1.807, 2.05) is 4.90 Å². The molecule has 9 nitrogen and oxygen atoms in total. The molecule has 24 heavy (non-hydrogen) atoms. The van der Waals surface area contributed by atoms with Crippen LogP contribution in [0.5, 0.6) is 0 Å². The third-order valence-electron chi connectivity index (χ3n) is 4.21. The molecule has 3 rings (SSSR count). The molecule has 1 N–H and O–H groups in total. The second kappa shape index (κ2) is 6.71. The molecule has 0 aliphatic carbocycles. The van der Waals surface area contributed by atoms with Gasteiger partial charge in [-0.3, -0.25) is 9.59 Å². The number of hydrogen-bond donors (Lipinski definition) is 1. The zero-order chi connectivity index (χ0) is 17.2. The van der Waals surface area contributed by atoms with Crippen molar-refractivity contribution in [3.05, 3.63) is 18.0 Å². The number of sulfone groups is 1. The Morgan fingerprint density at radius 2 is 1.88 bits per heavy atom. The Morgan fingerprint density at radius 3 is 2.42 bits per heavy atom. The lowest BCUT2D eigenvalue weighted by Gasteiger charge is -2.32. The van der Waals surface area contributed by atoms with Gasteiger partial charge in [-0.05, 0) is 6.42 Å². The Hall–Kier alpha value is -2.23. The van der Waals surface area contributed by atoms with E-state index in [9.17, 15) is 18.0 Å². The van der Waals surface area contributed by atoms with E-state index in [1.54, 1.807) is 4.90 Å². The molecule has 0 radical (unpaired) electrons. The molecule has 0 aromatic carbocycles. The van der Waals surface area contributed by atoms with Crippen molar-refractivity contribution < 1.29 is 18.0 Å². The highest BCUT2D eigenvalue weighted by molar-refractivity contribution is 7.91. The molecule has 2 aliphatic rings. The lowest BCUT2D eigenvalue weighted by molar-refractivity contribution is -0.118. The Kier molecular flexibility index (Phi) is 4.65. The molecule has 1 atom stereocenters. The van der Waals surface area contributed by atoms with Crippen molar-refractivity contribution in [3.63, 3.8) is 0 Å². The number of aromatic nitrogens is 2. The van der Waals surface area contributed by atoms with Gasteiger partial charge in [0.1, 0.15) is 0 Å². The highest BCUT2D eigenvalue weighted by Crippen LogP contribution is 2.13. The lowest BCUT2D eigenvalue weighted by atomic mass is 10.2. The second-order valence-corrected chi connectivity index (χ2v) is 8.20. The molecule has 0 saturated carbocycles. The molecule has 0 bridgehead atoms. The number of amides is 2. The fraction of sp³-hybridized carbons (Fsp3) is 0.571. The monoisotopic (exact) mass is 353 g/mol. The predicted molar refractivity (Wildman–Crippen MR) is 86.4 cm³/mol. The summed E-state index contributed by atoms with van der Waals surface area (Å²) in [6.07, 6.45) is 4.14. The molecule has 2 aliphatic heterocycles. The average molecular weight is 353 g/mol. The maximum Gasteiger partial charge on any atom is 0.254 e. The zero-order valence-electron chi connectivity index (χ0n) is 13.1. The first-order valence-electron chi connectivity index (χ1n) is 7.74. The van der Waals surface area contributed by atoms with Crippen molar-refractivity contribution in [1.82, 2.24) is 20.2 Å². The van der Waals surface area contributed by atoms with Crippen LogP contribution in [0.25, 0.3) is 0 Å². The number of hydrogen-bond acceptors (Lipinski definition) is 7. The normalized spacial score (nSPS) is 23.1. The molecular weight excluding hydrogens is 334 g/mol. The predicted octanol–water partition coefficient (Wildman–Crippen LogP) is -1.33. The van der Waals surface area contributed by atoms with Crippen molar-refractivity contribution in [2.75, 3.05) is 42.6 Å². The van der Waals surface area contributed by atoms with Gasteiger partial charge in [-0.15, -0.1) is 0 Å². The molecule has 0 spiro atoms. The van der Waals surface area contributed by atoms with Crippen LogP contribution in [0, 0.1) is 0 Å². The van der Waals surface area contributed by atoms with Crippen LogP contribution in [0.1, 0.15) is 16.8 Å². The average Bonchev–Trinajstić information content (AvgIpc) is 2.93. The smallest absolute Gasteiger partial charge is 0.254 e. The summed E-state index contributed by atoms with van der Waals surface area (Å²) in [7, 11) is -3.03. The van der Waals surface area contributed by atoms with E-state index < -0.39 is 9.84 Å². The summed E-state index contributed by atoms with van der Waals surface area (Å²) in [5.74, 6) is 0.244. The Labute approximate surface area is 140 Å². The lowest BCUT2D eigenvalue weighted by Crippen LogP contribution is -2.46. The van der Waals surface area contributed by atoms with Gasteiger partial charge in [-0.2, -0.15) is 0 Å². The first-order chi connectivity index (χ1) is 11.5. The Balaban J connectivity index is 1.58. The van der Waals surface area contributed by atoms with Crippen LogP contribution in [0.2, 0.25) is 0 Å². The highest BCUT2D eigenvalue weighted by Gasteiger charge is 2.29. The maximum atomic E-state index is 12.1. The number of nitrogens with zero attached hydrogens (tertiary/aromatic N) is 4. The molecule has 1 aromatic heterocycles. The van der Waals surface area contributed by atoms with E-state index in [0.717, 1.165) is 6.41 Å². The van der Waals surface area contributed by atoms with E-state index in [2.05, 4.69) is 15.3 Å². The van der Waals surface area contributed by atoms with Crippen LogP contribution in [-0.2, 0) is 14.6 Å². The van der Waals surface area contributed by atoms with Crippen LogP contribution in [0.4, 0.5) is 5.95 Å². The minimum absolute atomic E-state index is 0.0152. The maximum absolute atomic E-state index is 12.1. The standard InChI is InChI=1S/C14H19N5O4S/c20-10-18-2-4-19(5-3-18)14-15-7-11(8-16-14)13(21)17-12-1-6-24(22,23)9-12/h7-8,10,12H,1-6,9H2,(H,17,21). The third-order valence-corrected chi connectivity index (χ3v) is 5.98. The molecule has 2 fully saturated rings. The molecule has 3 heterocycles. The van der Waals surface area contributed by atoms with Crippen molar-refractivity contribution in [1.29, 1.82) is 0 Å². The van der Waals surface area contributed by atoms with Gasteiger partial charge < -0.3 is 15.1 Å². The van der Waals surface area contributed by atoms with Crippen LogP contribution in [-0.4, -0.2) is 79.3 Å². The van der Waals surface area contributed by atoms with Gasteiger partial charge in [0.2, 0.25) is 12.4 Å². The van der Waals surface area contributed by atoms with Crippen LogP contribution >= 0.6 is 0 Å². The van der Waals surface area contributed by atoms with Crippen LogP contribution in [0.15, 0.2) is 12.4 Å². The number of carbonyl (C=O) groups excluding carboxylic acids is 2. The number of rotatable bonds is 4. The molecule has 10 heteroatoms. The molecule has 2 saturated heterocycles. The third kappa shape index (κ3) is 3.81. The van der Waals surface area contributed by atoms with Crippen molar-refractivity contribution >= 4 is 28.1 Å². The van der Waals surface area contributed by atoms with E-state index in [4.69, 9.17) is 0 Å². The topological polar surface area (TPSA) is 113 Å². The first-order valence-corrected chi connectivity index (χ1v) is 9.56. The van der Waals surface area contributed by atoms with E-state index in [1.165, 1.54) is 12.4 Å². The second-order valence-electron chi connectivity index (χ2n) is 5.97. The fourth-order valence-corrected chi connectivity index (χ4v) is 4.48. The molecule has 130 valence electrons. The summed E-state index contributed by atoms with van der Waals surface area (Å²) in [4.78, 5) is 34.9. The van der Waals surface area contributed by atoms with E-state index >= 15 is 0 Å².